The highest BCUT2D eigenvalue weighted by molar-refractivity contribution is 7.89. The summed E-state index contributed by atoms with van der Waals surface area (Å²) in [4.78, 5) is 12.2. The van der Waals surface area contributed by atoms with Gasteiger partial charge in [-0.3, -0.25) is 4.79 Å². The Hall–Kier alpha value is -1.20. The number of carbonyl (C=O) groups is 1. The van der Waals surface area contributed by atoms with E-state index in [4.69, 9.17) is 0 Å². The molecule has 0 radical (unpaired) electrons. The maximum absolute atomic E-state index is 12.6. The van der Waals surface area contributed by atoms with Crippen LogP contribution in [0.1, 0.15) is 49.9 Å². The summed E-state index contributed by atoms with van der Waals surface area (Å²) in [6.45, 7) is 4.99. The zero-order chi connectivity index (χ0) is 15.5. The van der Waals surface area contributed by atoms with Crippen molar-refractivity contribution in [2.24, 2.45) is 5.92 Å². The summed E-state index contributed by atoms with van der Waals surface area (Å²) >= 11 is 0. The largest absolute Gasteiger partial charge is 0.294 e. The summed E-state index contributed by atoms with van der Waals surface area (Å²) in [6.07, 6.45) is 3.49. The zero-order valence-corrected chi connectivity index (χ0v) is 13.5. The molecule has 0 bridgehead atoms. The van der Waals surface area contributed by atoms with Crippen LogP contribution in [-0.2, 0) is 10.0 Å². The van der Waals surface area contributed by atoms with Gasteiger partial charge in [-0.05, 0) is 37.8 Å². The van der Waals surface area contributed by atoms with Gasteiger partial charge in [0.25, 0.3) is 0 Å². The van der Waals surface area contributed by atoms with Crippen molar-refractivity contribution in [3.63, 3.8) is 0 Å². The van der Waals surface area contributed by atoms with E-state index in [-0.39, 0.29) is 16.6 Å². The van der Waals surface area contributed by atoms with Crippen molar-refractivity contribution < 1.29 is 13.2 Å². The molecule has 4 nitrogen and oxygen atoms in total. The monoisotopic (exact) mass is 309 g/mol. The van der Waals surface area contributed by atoms with E-state index in [0.717, 1.165) is 25.7 Å². The van der Waals surface area contributed by atoms with Gasteiger partial charge >= 0.3 is 0 Å². The van der Waals surface area contributed by atoms with E-state index >= 15 is 0 Å². The van der Waals surface area contributed by atoms with Crippen LogP contribution in [0.25, 0.3) is 0 Å². The first kappa shape index (κ1) is 16.2. The Bertz CT molecular complexity index is 582. The molecule has 5 heteroatoms. The Balaban J connectivity index is 2.20. The molecule has 0 atom stereocenters. The minimum atomic E-state index is -3.45. The number of carbonyl (C=O) groups excluding carboxylic acids is 1. The van der Waals surface area contributed by atoms with Gasteiger partial charge in [-0.2, -0.15) is 4.31 Å². The van der Waals surface area contributed by atoms with E-state index in [2.05, 4.69) is 0 Å². The first-order chi connectivity index (χ1) is 10.0. The van der Waals surface area contributed by atoms with Crippen molar-refractivity contribution in [1.29, 1.82) is 0 Å². The number of hydrogen-bond acceptors (Lipinski definition) is 3. The highest BCUT2D eigenvalue weighted by Gasteiger charge is 2.30. The lowest BCUT2D eigenvalue weighted by molar-refractivity contribution is 0.0967. The highest BCUT2D eigenvalue weighted by atomic mass is 32.2. The van der Waals surface area contributed by atoms with Crippen LogP contribution < -0.4 is 0 Å². The van der Waals surface area contributed by atoms with E-state index in [1.54, 1.807) is 24.3 Å². The molecule has 0 spiro atoms. The molecule has 0 saturated heterocycles. The molecule has 0 N–H and O–H groups in total. The summed E-state index contributed by atoms with van der Waals surface area (Å²) in [7, 11) is -3.45. The number of ketones is 1. The molecule has 1 aromatic carbocycles. The molecule has 0 aromatic heterocycles. The van der Waals surface area contributed by atoms with Gasteiger partial charge in [0.05, 0.1) is 4.90 Å². The first-order valence-electron chi connectivity index (χ1n) is 7.65. The Morgan fingerprint density at radius 1 is 1.10 bits per heavy atom. The van der Waals surface area contributed by atoms with Gasteiger partial charge in [0.2, 0.25) is 10.0 Å². The van der Waals surface area contributed by atoms with Crippen molar-refractivity contribution >= 4 is 15.8 Å². The second-order valence-electron chi connectivity index (χ2n) is 5.57. The van der Waals surface area contributed by atoms with Crippen LogP contribution in [-0.4, -0.2) is 31.6 Å². The van der Waals surface area contributed by atoms with Crippen molar-refractivity contribution in [3.05, 3.63) is 29.8 Å². The number of sulfonamides is 1. The van der Waals surface area contributed by atoms with E-state index in [9.17, 15) is 13.2 Å². The predicted octanol–water partition coefficient (Wildman–Crippen LogP) is 3.09. The fourth-order valence-electron chi connectivity index (χ4n) is 2.37. The second kappa shape index (κ2) is 6.71. The minimum Gasteiger partial charge on any atom is -0.294 e. The molecule has 1 aliphatic carbocycles. The molecule has 0 amide bonds. The molecule has 0 aliphatic heterocycles. The zero-order valence-electron chi connectivity index (χ0n) is 12.7. The molecule has 1 aromatic rings. The van der Waals surface area contributed by atoms with Crippen LogP contribution in [0.15, 0.2) is 29.2 Å². The van der Waals surface area contributed by atoms with Crippen LogP contribution in [0.2, 0.25) is 0 Å². The smallest absolute Gasteiger partial charge is 0.243 e. The number of rotatable bonds is 8. The van der Waals surface area contributed by atoms with E-state index in [1.807, 2.05) is 13.8 Å². The quantitative estimate of drug-likeness (QED) is 0.693. The lowest BCUT2D eigenvalue weighted by Gasteiger charge is -2.21. The maximum Gasteiger partial charge on any atom is 0.243 e. The third kappa shape index (κ3) is 3.71. The first-order valence-corrected chi connectivity index (χ1v) is 9.09. The topological polar surface area (TPSA) is 54.5 Å². The van der Waals surface area contributed by atoms with Gasteiger partial charge in [0.1, 0.15) is 0 Å². The van der Waals surface area contributed by atoms with E-state index in [1.165, 1.54) is 4.31 Å². The lowest BCUT2D eigenvalue weighted by Crippen LogP contribution is -2.32. The SMILES string of the molecule is CCCN(CCC)S(=O)(=O)c1ccc(C(=O)C2CC2)cc1. The molecule has 2 rings (SSSR count). The van der Waals surface area contributed by atoms with E-state index < -0.39 is 10.0 Å². The van der Waals surface area contributed by atoms with Crippen LogP contribution in [0.5, 0.6) is 0 Å². The van der Waals surface area contributed by atoms with Crippen LogP contribution in [0.4, 0.5) is 0 Å². The Morgan fingerprint density at radius 2 is 1.62 bits per heavy atom. The molecule has 21 heavy (non-hydrogen) atoms. The molecule has 116 valence electrons. The summed E-state index contributed by atoms with van der Waals surface area (Å²) in [6, 6.07) is 6.40. The third-order valence-electron chi connectivity index (χ3n) is 3.67. The van der Waals surface area contributed by atoms with Gasteiger partial charge in [-0.25, -0.2) is 8.42 Å². The predicted molar refractivity (Wildman–Crippen MR) is 82.8 cm³/mol. The van der Waals surface area contributed by atoms with Gasteiger partial charge in [0.15, 0.2) is 5.78 Å². The molecular weight excluding hydrogens is 286 g/mol. The fourth-order valence-corrected chi connectivity index (χ4v) is 4.00. The summed E-state index contributed by atoms with van der Waals surface area (Å²) in [5.74, 6) is 0.294. The maximum atomic E-state index is 12.6. The van der Waals surface area contributed by atoms with Crippen molar-refractivity contribution in [2.75, 3.05) is 13.1 Å². The lowest BCUT2D eigenvalue weighted by atomic mass is 10.1. The number of benzene rings is 1. The Kier molecular flexibility index (Phi) is 5.17. The summed E-state index contributed by atoms with van der Waals surface area (Å²) < 4.78 is 26.7. The molecule has 0 unspecified atom stereocenters. The van der Waals surface area contributed by atoms with Crippen molar-refractivity contribution in [1.82, 2.24) is 4.31 Å². The third-order valence-corrected chi connectivity index (χ3v) is 5.58. The van der Waals surface area contributed by atoms with Crippen molar-refractivity contribution in [2.45, 2.75) is 44.4 Å². The molecular formula is C16H23NO3S. The summed E-state index contributed by atoms with van der Waals surface area (Å²) in [5, 5.41) is 0. The van der Waals surface area contributed by atoms with Gasteiger partial charge < -0.3 is 0 Å². The van der Waals surface area contributed by atoms with Gasteiger partial charge in [-0.15, -0.1) is 0 Å². The van der Waals surface area contributed by atoms with Gasteiger partial charge in [-0.1, -0.05) is 26.0 Å². The highest BCUT2D eigenvalue weighted by Crippen LogP contribution is 2.32. The standard InChI is InChI=1S/C16H23NO3S/c1-3-11-17(12-4-2)21(19,20)15-9-7-14(8-10-15)16(18)13-5-6-13/h7-10,13H,3-6,11-12H2,1-2H3. The Morgan fingerprint density at radius 3 is 2.05 bits per heavy atom. The van der Waals surface area contributed by atoms with Crippen LogP contribution in [0, 0.1) is 5.92 Å². The molecule has 1 aliphatic rings. The van der Waals surface area contributed by atoms with Crippen LogP contribution >= 0.6 is 0 Å². The fraction of sp³-hybridized carbons (Fsp3) is 0.562. The van der Waals surface area contributed by atoms with Crippen LogP contribution in [0.3, 0.4) is 0 Å². The van der Waals surface area contributed by atoms with Crippen molar-refractivity contribution in [3.8, 4) is 0 Å². The molecule has 0 heterocycles. The van der Waals surface area contributed by atoms with Gasteiger partial charge in [0, 0.05) is 24.6 Å². The number of Topliss-reactive ketones (excluding diaryl/α,β-unsaturated/α-hetero) is 1. The summed E-state index contributed by atoms with van der Waals surface area (Å²) in [5.41, 5.74) is 0.619. The number of nitrogens with zero attached hydrogens (tertiary/aromatic N) is 1. The molecule has 1 saturated carbocycles. The average molecular weight is 309 g/mol. The normalized spacial score (nSPS) is 15.4. The Labute approximate surface area is 127 Å². The second-order valence-corrected chi connectivity index (χ2v) is 7.50. The number of hydrogen-bond donors (Lipinski definition) is 0. The molecule has 1 fully saturated rings. The van der Waals surface area contributed by atoms with E-state index in [0.29, 0.717) is 18.7 Å². The minimum absolute atomic E-state index is 0.137. The average Bonchev–Trinajstić information content (AvgIpc) is 3.31.